The van der Waals surface area contributed by atoms with E-state index in [1.807, 2.05) is 7.05 Å². The Kier molecular flexibility index (Phi) is 7.14. The van der Waals surface area contributed by atoms with Crippen molar-refractivity contribution in [2.75, 3.05) is 33.4 Å². The zero-order chi connectivity index (χ0) is 13.9. The second kappa shape index (κ2) is 9.01. The van der Waals surface area contributed by atoms with Crippen molar-refractivity contribution in [1.82, 2.24) is 5.32 Å². The van der Waals surface area contributed by atoms with Gasteiger partial charge in [0.15, 0.2) is 0 Å². The Morgan fingerprint density at radius 2 is 1.95 bits per heavy atom. The molecule has 19 heavy (non-hydrogen) atoms. The molecule has 0 atom stereocenters. The monoisotopic (exact) mass is 268 g/mol. The molecule has 0 bridgehead atoms. The second-order valence-corrected chi connectivity index (χ2v) is 3.50. The number of nitrogens with one attached hydrogen (secondary N) is 1. The Labute approximate surface area is 110 Å². The maximum Gasteiger partial charge on any atom is 0.513 e. The summed E-state index contributed by atoms with van der Waals surface area (Å²) in [6, 6.07) is 5.80. The maximum atomic E-state index is 11.3. The summed E-state index contributed by atoms with van der Waals surface area (Å²) in [5.41, 5.74) is 0.263. The number of likely N-dealkylation sites (N-methyl/N-ethyl adjacent to an activating group) is 1. The fourth-order valence-corrected chi connectivity index (χ4v) is 1.16. The Balaban J connectivity index is 2.17. The van der Waals surface area contributed by atoms with Crippen LogP contribution in [-0.4, -0.2) is 39.6 Å². The van der Waals surface area contributed by atoms with Crippen LogP contribution in [0.1, 0.15) is 0 Å². The average Bonchev–Trinajstić information content (AvgIpc) is 2.43. The highest BCUT2D eigenvalue weighted by molar-refractivity contribution is 5.64. The third-order valence-corrected chi connectivity index (χ3v) is 2.09. The van der Waals surface area contributed by atoms with Crippen LogP contribution in [0.25, 0.3) is 0 Å². The van der Waals surface area contributed by atoms with Crippen LogP contribution < -0.4 is 10.1 Å². The highest BCUT2D eigenvalue weighted by Gasteiger charge is 2.05. The summed E-state index contributed by atoms with van der Waals surface area (Å²) < 4.78 is 14.8. The van der Waals surface area contributed by atoms with Crippen molar-refractivity contribution >= 4 is 11.8 Å². The largest absolute Gasteiger partial charge is 0.513 e. The minimum atomic E-state index is -0.816. The molecule has 1 rings (SSSR count). The number of ether oxygens (including phenoxy) is 3. The molecule has 7 nitrogen and oxygen atoms in total. The van der Waals surface area contributed by atoms with Crippen LogP contribution >= 0.6 is 0 Å². The van der Waals surface area contributed by atoms with E-state index in [1.165, 1.54) is 24.3 Å². The number of carbonyl (C=O) groups is 1. The molecule has 0 saturated heterocycles. The van der Waals surface area contributed by atoms with E-state index < -0.39 is 6.16 Å². The molecule has 0 heterocycles. The lowest BCUT2D eigenvalue weighted by atomic mass is 10.3. The first-order chi connectivity index (χ1) is 9.26. The number of rotatable bonds is 8. The van der Waals surface area contributed by atoms with Gasteiger partial charge in [-0.25, -0.2) is 4.79 Å². The van der Waals surface area contributed by atoms with Crippen LogP contribution in [0.15, 0.2) is 29.4 Å². The molecule has 0 radical (unpaired) electrons. The second-order valence-electron chi connectivity index (χ2n) is 3.50. The van der Waals surface area contributed by atoms with Crippen LogP contribution in [-0.2, 0) is 9.47 Å². The maximum absolute atomic E-state index is 11.3. The zero-order valence-corrected chi connectivity index (χ0v) is 10.6. The van der Waals surface area contributed by atoms with Crippen molar-refractivity contribution < 1.29 is 19.0 Å². The normalized spacial score (nSPS) is 9.95. The van der Waals surface area contributed by atoms with Crippen LogP contribution in [0.3, 0.4) is 0 Å². The molecule has 0 unspecified atom stereocenters. The molecular weight excluding hydrogens is 252 g/mol. The van der Waals surface area contributed by atoms with Gasteiger partial charge < -0.3 is 19.5 Å². The number of hydrogen-bond donors (Lipinski definition) is 1. The van der Waals surface area contributed by atoms with Crippen LogP contribution in [0, 0.1) is 4.91 Å². The summed E-state index contributed by atoms with van der Waals surface area (Å²) in [6.45, 7) is 1.72. The van der Waals surface area contributed by atoms with Crippen molar-refractivity contribution in [1.29, 1.82) is 0 Å². The van der Waals surface area contributed by atoms with Crippen molar-refractivity contribution in [3.05, 3.63) is 29.2 Å². The average molecular weight is 268 g/mol. The number of nitroso groups, excluding NO2 is 1. The van der Waals surface area contributed by atoms with E-state index in [0.717, 1.165) is 6.54 Å². The number of nitrogens with zero attached hydrogens (tertiary/aromatic N) is 1. The van der Waals surface area contributed by atoms with E-state index in [0.29, 0.717) is 13.2 Å². The summed E-state index contributed by atoms with van der Waals surface area (Å²) in [5, 5.41) is 5.65. The smallest absolute Gasteiger partial charge is 0.432 e. The minimum absolute atomic E-state index is 0.122. The molecular formula is C12H16N2O5. The molecule has 104 valence electrons. The van der Waals surface area contributed by atoms with Crippen LogP contribution in [0.2, 0.25) is 0 Å². The van der Waals surface area contributed by atoms with Gasteiger partial charge in [0, 0.05) is 6.54 Å². The predicted molar refractivity (Wildman–Crippen MR) is 68.6 cm³/mol. The molecule has 0 aliphatic rings. The number of benzene rings is 1. The van der Waals surface area contributed by atoms with Crippen LogP contribution in [0.5, 0.6) is 5.75 Å². The fourth-order valence-electron chi connectivity index (χ4n) is 1.16. The molecule has 1 aromatic rings. The number of carbonyl (C=O) groups excluding carboxylic acids is 1. The summed E-state index contributed by atoms with van der Waals surface area (Å²) in [5.74, 6) is 0.286. The predicted octanol–water partition coefficient (Wildman–Crippen LogP) is 1.84. The first kappa shape index (κ1) is 15.1. The van der Waals surface area contributed by atoms with E-state index in [9.17, 15) is 9.70 Å². The Morgan fingerprint density at radius 1 is 1.21 bits per heavy atom. The molecule has 0 fully saturated rings. The quantitative estimate of drug-likeness (QED) is 0.335. The van der Waals surface area contributed by atoms with Gasteiger partial charge in [-0.2, -0.15) is 0 Å². The van der Waals surface area contributed by atoms with E-state index >= 15 is 0 Å². The van der Waals surface area contributed by atoms with Gasteiger partial charge >= 0.3 is 6.16 Å². The van der Waals surface area contributed by atoms with Gasteiger partial charge in [0.1, 0.15) is 18.0 Å². The van der Waals surface area contributed by atoms with Crippen molar-refractivity contribution in [3.8, 4) is 5.75 Å². The Hall–Kier alpha value is -1.99. The SMILES string of the molecule is CNCCOCCOC(=O)Oc1ccc(N=O)cc1. The molecule has 0 spiro atoms. The molecule has 1 N–H and O–H groups in total. The van der Waals surface area contributed by atoms with Gasteiger partial charge in [-0.15, -0.1) is 4.91 Å². The Morgan fingerprint density at radius 3 is 2.58 bits per heavy atom. The number of hydrogen-bond acceptors (Lipinski definition) is 7. The van der Waals surface area contributed by atoms with Gasteiger partial charge in [-0.3, -0.25) is 0 Å². The summed E-state index contributed by atoms with van der Waals surface area (Å²) in [6.07, 6.45) is -0.816. The first-order valence-electron chi connectivity index (χ1n) is 5.76. The molecule has 0 aliphatic heterocycles. The van der Waals surface area contributed by atoms with Gasteiger partial charge in [0.25, 0.3) is 0 Å². The lowest BCUT2D eigenvalue weighted by Gasteiger charge is -2.06. The van der Waals surface area contributed by atoms with E-state index in [4.69, 9.17) is 14.2 Å². The molecule has 1 aromatic carbocycles. The van der Waals surface area contributed by atoms with Gasteiger partial charge in [0.2, 0.25) is 0 Å². The minimum Gasteiger partial charge on any atom is -0.432 e. The van der Waals surface area contributed by atoms with Crippen molar-refractivity contribution in [2.24, 2.45) is 5.18 Å². The lowest BCUT2D eigenvalue weighted by Crippen LogP contribution is -2.18. The third kappa shape index (κ3) is 6.49. The van der Waals surface area contributed by atoms with Crippen molar-refractivity contribution in [3.63, 3.8) is 0 Å². The molecule has 7 heteroatoms. The molecule has 0 aromatic heterocycles. The van der Waals surface area contributed by atoms with Crippen molar-refractivity contribution in [2.45, 2.75) is 0 Å². The first-order valence-corrected chi connectivity index (χ1v) is 5.76. The van der Waals surface area contributed by atoms with E-state index in [1.54, 1.807) is 0 Å². The van der Waals surface area contributed by atoms with Crippen LogP contribution in [0.4, 0.5) is 10.5 Å². The molecule has 0 saturated carbocycles. The molecule has 0 amide bonds. The van der Waals surface area contributed by atoms with E-state index in [-0.39, 0.29) is 18.0 Å². The Bertz CT molecular complexity index is 394. The zero-order valence-electron chi connectivity index (χ0n) is 10.6. The summed E-state index contributed by atoms with van der Waals surface area (Å²) in [7, 11) is 1.82. The molecule has 0 aliphatic carbocycles. The van der Waals surface area contributed by atoms with Gasteiger partial charge in [0.05, 0.1) is 13.2 Å². The van der Waals surface area contributed by atoms with Gasteiger partial charge in [-0.1, -0.05) is 0 Å². The standard InChI is InChI=1S/C12H16N2O5/c1-13-6-7-17-8-9-18-12(15)19-11-4-2-10(14-16)3-5-11/h2-5,13H,6-9H2,1H3. The topological polar surface area (TPSA) is 86.2 Å². The fraction of sp³-hybridized carbons (Fsp3) is 0.417. The summed E-state index contributed by atoms with van der Waals surface area (Å²) in [4.78, 5) is 21.4. The highest BCUT2D eigenvalue weighted by Crippen LogP contribution is 2.17. The lowest BCUT2D eigenvalue weighted by molar-refractivity contribution is 0.0532. The van der Waals surface area contributed by atoms with Gasteiger partial charge in [-0.05, 0) is 36.5 Å². The van der Waals surface area contributed by atoms with E-state index in [2.05, 4.69) is 10.5 Å². The third-order valence-electron chi connectivity index (χ3n) is 2.09. The highest BCUT2D eigenvalue weighted by atomic mass is 16.7. The summed E-state index contributed by atoms with van der Waals surface area (Å²) >= 11 is 0.